The fourth-order valence-corrected chi connectivity index (χ4v) is 3.84. The first-order valence-electron chi connectivity index (χ1n) is 10.2. The summed E-state index contributed by atoms with van der Waals surface area (Å²) in [6.07, 6.45) is 18.6. The Morgan fingerprint density at radius 3 is 1.38 bits per heavy atom. The molecular weight excluding hydrogens is 527 g/mol. The van der Waals surface area contributed by atoms with Crippen LogP contribution < -0.4 is 0 Å². The normalized spacial score (nSPS) is 15.5. The predicted molar refractivity (Wildman–Crippen MR) is 148 cm³/mol. The van der Waals surface area contributed by atoms with Crippen LogP contribution >= 0.6 is 24.8 Å². The summed E-state index contributed by atoms with van der Waals surface area (Å²) >= 11 is 1.36. The van der Waals surface area contributed by atoms with Crippen molar-refractivity contribution < 1.29 is 23.3 Å². The second-order valence-corrected chi connectivity index (χ2v) is 7.16. The molecule has 2 radical (unpaired) electrons. The Morgan fingerprint density at radius 2 is 1.03 bits per heavy atom. The van der Waals surface area contributed by atoms with E-state index < -0.39 is 0 Å². The van der Waals surface area contributed by atoms with Gasteiger partial charge in [0.2, 0.25) is 0 Å². The zero-order chi connectivity index (χ0) is 20.2. The van der Waals surface area contributed by atoms with Gasteiger partial charge in [-0.2, -0.15) is 26.7 Å². The van der Waals surface area contributed by atoms with E-state index in [-0.39, 0.29) is 39.7 Å². The van der Waals surface area contributed by atoms with Crippen LogP contribution in [0.4, 0.5) is 0 Å². The molecule has 2 aromatic rings. The molecule has 0 spiro atoms. The molecule has 2 aromatic carbocycles. The van der Waals surface area contributed by atoms with Crippen LogP contribution in [0.15, 0.2) is 60.7 Å². The molecule has 4 rings (SSSR count). The van der Waals surface area contributed by atoms with Crippen molar-refractivity contribution in [3.63, 3.8) is 0 Å². The van der Waals surface area contributed by atoms with Crippen LogP contribution in [0.1, 0.15) is 73.6 Å². The van der Waals surface area contributed by atoms with Gasteiger partial charge in [-0.3, -0.25) is 0 Å². The summed E-state index contributed by atoms with van der Waals surface area (Å²) in [5.41, 5.74) is 5.82. The Hall–Kier alpha value is -0.400. The molecule has 0 nitrogen and oxygen atoms in total. The summed E-state index contributed by atoms with van der Waals surface area (Å²) in [7, 11) is 0. The molecule has 2 unspecified atom stereocenters. The number of hydrogen-bond acceptors (Lipinski definition) is 0. The van der Waals surface area contributed by atoms with Gasteiger partial charge >= 0.3 is 30.2 Å². The quantitative estimate of drug-likeness (QED) is 0.243. The number of hydrogen-bond donors (Lipinski definition) is 0. The van der Waals surface area contributed by atoms with Crippen LogP contribution in [0.25, 0.3) is 12.2 Å². The maximum atomic E-state index is 3.06. The third kappa shape index (κ3) is 10.7. The van der Waals surface area contributed by atoms with Gasteiger partial charge in [0.15, 0.2) is 0 Å². The Kier molecular flexibility index (Phi) is 23.9. The number of benzene rings is 2. The van der Waals surface area contributed by atoms with Crippen molar-refractivity contribution in [2.75, 3.05) is 0 Å². The summed E-state index contributed by atoms with van der Waals surface area (Å²) < 4.78 is 0. The summed E-state index contributed by atoms with van der Waals surface area (Å²) in [4.78, 5) is 0. The Labute approximate surface area is 227 Å². The van der Waals surface area contributed by atoms with E-state index in [9.17, 15) is 0 Å². The summed E-state index contributed by atoms with van der Waals surface area (Å²) in [6, 6.07) is 17.4. The molecule has 0 fully saturated rings. The van der Waals surface area contributed by atoms with Gasteiger partial charge in [0.1, 0.15) is 0 Å². The second-order valence-electron chi connectivity index (χ2n) is 7.16. The molecule has 0 aromatic heterocycles. The van der Waals surface area contributed by atoms with Gasteiger partial charge in [0.25, 0.3) is 0 Å². The summed E-state index contributed by atoms with van der Waals surface area (Å²) in [6.45, 7) is 7.32. The van der Waals surface area contributed by atoms with Gasteiger partial charge in [0, 0.05) is 11.8 Å². The van der Waals surface area contributed by atoms with Gasteiger partial charge in [-0.25, -0.2) is 0 Å². The zero-order valence-corrected chi connectivity index (χ0v) is 25.0. The van der Waals surface area contributed by atoms with Crippen molar-refractivity contribution in [1.29, 1.82) is 0 Å². The molecule has 0 heterocycles. The molecule has 176 valence electrons. The van der Waals surface area contributed by atoms with E-state index in [4.69, 9.17) is 0 Å². The van der Waals surface area contributed by atoms with E-state index in [1.165, 1.54) is 71.3 Å². The number of fused-ring (bicyclic) bond motifs is 2. The van der Waals surface area contributed by atoms with Gasteiger partial charge in [0.05, 0.1) is 0 Å². The number of unbranched alkanes of at least 4 members (excludes halogenated alkanes) is 2. The summed E-state index contributed by atoms with van der Waals surface area (Å²) in [5.74, 6) is 1.32. The monoisotopic (exact) mass is 562 g/mol. The molecule has 32 heavy (non-hydrogen) atoms. The van der Waals surface area contributed by atoms with E-state index in [0.717, 1.165) is 0 Å². The van der Waals surface area contributed by atoms with Gasteiger partial charge in [-0.1, -0.05) is 85.7 Å². The van der Waals surface area contributed by atoms with E-state index in [2.05, 4.69) is 106 Å². The molecule has 0 amide bonds. The molecule has 2 aliphatic rings. The van der Waals surface area contributed by atoms with Crippen LogP contribution in [0, 0.1) is 27.7 Å². The molecule has 0 aliphatic heterocycles. The Bertz CT molecular complexity index is 723. The standard InChI is InChI=1S/2C13H15.2CH3.2ClH.Si.Zr/c2*1-2-3-6-11-9-10-12-7-4-5-8-13(11)12;;;;;;/h2*2,4-5,7-11H,3,6H2,1H3;2*1H3;2*1H;;/q4*-1;;;;. The topological polar surface area (TPSA) is 0 Å². The fourth-order valence-electron chi connectivity index (χ4n) is 3.84. The second kappa shape index (κ2) is 21.2. The molecule has 4 heteroatoms. The average Bonchev–Trinajstić information content (AvgIpc) is 3.37. The third-order valence-electron chi connectivity index (χ3n) is 5.34. The minimum absolute atomic E-state index is 0. The van der Waals surface area contributed by atoms with Crippen molar-refractivity contribution in [1.82, 2.24) is 0 Å². The van der Waals surface area contributed by atoms with Crippen molar-refractivity contribution in [3.05, 3.63) is 111 Å². The Balaban J connectivity index is -0.000000437. The van der Waals surface area contributed by atoms with Crippen LogP contribution in [-0.4, -0.2) is 6.88 Å². The fraction of sp³-hybridized carbons (Fsp3) is 0.286. The van der Waals surface area contributed by atoms with E-state index >= 15 is 0 Å². The van der Waals surface area contributed by atoms with Gasteiger partial charge < -0.3 is 27.7 Å². The van der Waals surface area contributed by atoms with E-state index in [1.807, 2.05) is 0 Å². The third-order valence-corrected chi connectivity index (χ3v) is 5.34. The average molecular weight is 565 g/mol. The first-order valence-corrected chi connectivity index (χ1v) is 14.4. The first-order chi connectivity index (χ1) is 13.8. The van der Waals surface area contributed by atoms with E-state index in [0.29, 0.717) is 11.8 Å². The molecule has 2 aliphatic carbocycles. The zero-order valence-electron chi connectivity index (χ0n) is 19.9. The van der Waals surface area contributed by atoms with Crippen molar-refractivity contribution in [2.24, 2.45) is 0 Å². The number of allylic oxidation sites excluding steroid dienone is 2. The molecule has 0 bridgehead atoms. The molecule has 0 saturated heterocycles. The van der Waals surface area contributed by atoms with Gasteiger partial charge in [-0.15, -0.1) is 24.8 Å². The SMILES string of the molecule is C[CH-]CCC1C=Cc2ccccc21.C[CH-]CCC1C=Cc2ccccc21.Cl.Cl.[CH3-].[CH3-].[Si]=[Zr]. The number of halogens is 2. The molecular formula is C28H38Cl2SiZr-4. The van der Waals surface area contributed by atoms with Crippen molar-refractivity contribution in [2.45, 2.75) is 51.4 Å². The molecule has 0 N–H and O–H groups in total. The van der Waals surface area contributed by atoms with Crippen LogP contribution in [-0.2, 0) is 23.3 Å². The van der Waals surface area contributed by atoms with E-state index in [1.54, 1.807) is 0 Å². The Morgan fingerprint density at radius 1 is 0.688 bits per heavy atom. The van der Waals surface area contributed by atoms with Crippen molar-refractivity contribution >= 4 is 43.8 Å². The molecule has 0 saturated carbocycles. The van der Waals surface area contributed by atoms with Crippen LogP contribution in [0.3, 0.4) is 0 Å². The van der Waals surface area contributed by atoms with Crippen LogP contribution in [0.2, 0.25) is 0 Å². The number of rotatable bonds is 6. The van der Waals surface area contributed by atoms with Gasteiger partial charge in [-0.05, 0) is 22.3 Å². The minimum atomic E-state index is 0. The molecule has 2 atom stereocenters. The van der Waals surface area contributed by atoms with Crippen LogP contribution in [0.5, 0.6) is 0 Å². The van der Waals surface area contributed by atoms with Crippen molar-refractivity contribution in [3.8, 4) is 0 Å². The maximum absolute atomic E-state index is 3.06. The summed E-state index contributed by atoms with van der Waals surface area (Å²) in [5, 5.41) is 0. The predicted octanol–water partition coefficient (Wildman–Crippen LogP) is 8.96. The first kappa shape index (κ1) is 36.2.